The van der Waals surface area contributed by atoms with Crippen LogP contribution in [0.1, 0.15) is 12.5 Å². The SMILES string of the molecule is CCN(c1cccc(C)c1)c1ccc([N+](=O)[O-])cc1N. The molecule has 2 aromatic carbocycles. The summed E-state index contributed by atoms with van der Waals surface area (Å²) in [5.41, 5.74) is 9.33. The molecule has 0 aliphatic rings. The maximum absolute atomic E-state index is 10.8. The van der Waals surface area contributed by atoms with Crippen molar-refractivity contribution in [3.8, 4) is 0 Å². The predicted octanol–water partition coefficient (Wildman–Crippen LogP) is 3.64. The van der Waals surface area contributed by atoms with Gasteiger partial charge in [-0.2, -0.15) is 0 Å². The molecule has 0 amide bonds. The lowest BCUT2D eigenvalue weighted by molar-refractivity contribution is -0.384. The molecular weight excluding hydrogens is 254 g/mol. The van der Waals surface area contributed by atoms with E-state index in [9.17, 15) is 10.1 Å². The average Bonchev–Trinajstić information content (AvgIpc) is 2.41. The second-order valence-electron chi connectivity index (χ2n) is 4.58. The number of nitro benzene ring substituents is 1. The Morgan fingerprint density at radius 3 is 2.55 bits per heavy atom. The molecule has 0 heterocycles. The maximum Gasteiger partial charge on any atom is 0.271 e. The van der Waals surface area contributed by atoms with Gasteiger partial charge in [0, 0.05) is 24.4 Å². The van der Waals surface area contributed by atoms with Crippen molar-refractivity contribution < 1.29 is 4.92 Å². The molecule has 0 bridgehead atoms. The number of hydrogen-bond donors (Lipinski definition) is 1. The van der Waals surface area contributed by atoms with Crippen molar-refractivity contribution in [3.63, 3.8) is 0 Å². The first-order chi connectivity index (χ1) is 9.52. The van der Waals surface area contributed by atoms with Crippen molar-refractivity contribution in [2.24, 2.45) is 0 Å². The molecule has 2 aromatic rings. The van der Waals surface area contributed by atoms with Crippen molar-refractivity contribution in [1.29, 1.82) is 0 Å². The number of nitrogens with two attached hydrogens (primary N) is 1. The van der Waals surface area contributed by atoms with E-state index in [2.05, 4.69) is 6.07 Å². The zero-order chi connectivity index (χ0) is 14.7. The Morgan fingerprint density at radius 2 is 2.00 bits per heavy atom. The summed E-state index contributed by atoms with van der Waals surface area (Å²) in [5.74, 6) is 0. The van der Waals surface area contributed by atoms with Gasteiger partial charge in [-0.25, -0.2) is 0 Å². The average molecular weight is 271 g/mol. The summed E-state index contributed by atoms with van der Waals surface area (Å²) in [7, 11) is 0. The Kier molecular flexibility index (Phi) is 3.89. The number of anilines is 3. The molecule has 0 saturated heterocycles. The van der Waals surface area contributed by atoms with E-state index < -0.39 is 4.92 Å². The largest absolute Gasteiger partial charge is 0.397 e. The van der Waals surface area contributed by atoms with Crippen molar-refractivity contribution in [3.05, 3.63) is 58.1 Å². The number of nitrogen functional groups attached to an aromatic ring is 1. The van der Waals surface area contributed by atoms with Crippen molar-refractivity contribution in [2.75, 3.05) is 17.2 Å². The summed E-state index contributed by atoms with van der Waals surface area (Å²) in [4.78, 5) is 12.3. The number of non-ortho nitro benzene ring substituents is 1. The van der Waals surface area contributed by atoms with Crippen LogP contribution in [0, 0.1) is 17.0 Å². The third kappa shape index (κ3) is 2.71. The molecule has 0 atom stereocenters. The lowest BCUT2D eigenvalue weighted by atomic mass is 10.1. The van der Waals surface area contributed by atoms with Crippen LogP contribution < -0.4 is 10.6 Å². The van der Waals surface area contributed by atoms with E-state index in [0.29, 0.717) is 5.69 Å². The fourth-order valence-electron chi connectivity index (χ4n) is 2.19. The molecule has 0 unspecified atom stereocenters. The summed E-state index contributed by atoms with van der Waals surface area (Å²) in [6.45, 7) is 4.77. The monoisotopic (exact) mass is 271 g/mol. The third-order valence-corrected chi connectivity index (χ3v) is 3.14. The number of nitrogens with zero attached hydrogens (tertiary/aromatic N) is 2. The third-order valence-electron chi connectivity index (χ3n) is 3.14. The molecule has 0 aliphatic carbocycles. The Labute approximate surface area is 117 Å². The number of nitro groups is 1. The Bertz CT molecular complexity index is 641. The molecule has 0 fully saturated rings. The van der Waals surface area contributed by atoms with Crippen molar-refractivity contribution in [2.45, 2.75) is 13.8 Å². The maximum atomic E-state index is 10.8. The Balaban J connectivity index is 2.44. The van der Waals surface area contributed by atoms with Gasteiger partial charge in [0.1, 0.15) is 0 Å². The minimum atomic E-state index is -0.441. The van der Waals surface area contributed by atoms with Crippen molar-refractivity contribution in [1.82, 2.24) is 0 Å². The van der Waals surface area contributed by atoms with Crippen LogP contribution in [0.3, 0.4) is 0 Å². The standard InChI is InChI=1S/C15H17N3O2/c1-3-17(12-6-4-5-11(2)9-12)15-8-7-13(18(19)20)10-14(15)16/h4-10H,3,16H2,1-2H3. The molecular formula is C15H17N3O2. The first-order valence-corrected chi connectivity index (χ1v) is 6.41. The first-order valence-electron chi connectivity index (χ1n) is 6.41. The fraction of sp³-hybridized carbons (Fsp3) is 0.200. The molecule has 2 N–H and O–H groups in total. The summed E-state index contributed by atoms with van der Waals surface area (Å²) in [5, 5.41) is 10.8. The van der Waals surface area contributed by atoms with E-state index in [1.165, 1.54) is 12.1 Å². The van der Waals surface area contributed by atoms with Crippen LogP contribution in [-0.4, -0.2) is 11.5 Å². The molecule has 0 aliphatic heterocycles. The van der Waals surface area contributed by atoms with E-state index >= 15 is 0 Å². The smallest absolute Gasteiger partial charge is 0.271 e. The Morgan fingerprint density at radius 1 is 1.25 bits per heavy atom. The van der Waals surface area contributed by atoms with Crippen LogP contribution >= 0.6 is 0 Å². The highest BCUT2D eigenvalue weighted by atomic mass is 16.6. The molecule has 20 heavy (non-hydrogen) atoms. The Hall–Kier alpha value is -2.56. The van der Waals surface area contributed by atoms with Crippen LogP contribution in [-0.2, 0) is 0 Å². The lowest BCUT2D eigenvalue weighted by Crippen LogP contribution is -2.17. The van der Waals surface area contributed by atoms with Crippen LogP contribution in [0.4, 0.5) is 22.7 Å². The highest BCUT2D eigenvalue weighted by Crippen LogP contribution is 2.32. The van der Waals surface area contributed by atoms with Crippen molar-refractivity contribution >= 4 is 22.7 Å². The minimum Gasteiger partial charge on any atom is -0.397 e. The normalized spacial score (nSPS) is 10.3. The molecule has 0 saturated carbocycles. The summed E-state index contributed by atoms with van der Waals surface area (Å²) >= 11 is 0. The number of benzene rings is 2. The van der Waals surface area contributed by atoms with Gasteiger partial charge in [-0.15, -0.1) is 0 Å². The topological polar surface area (TPSA) is 72.4 Å². The van der Waals surface area contributed by atoms with Crippen LogP contribution in [0.25, 0.3) is 0 Å². The molecule has 0 radical (unpaired) electrons. The summed E-state index contributed by atoms with van der Waals surface area (Å²) in [6, 6.07) is 12.6. The van der Waals surface area contributed by atoms with Crippen LogP contribution in [0.15, 0.2) is 42.5 Å². The van der Waals surface area contributed by atoms with E-state index in [-0.39, 0.29) is 5.69 Å². The van der Waals surface area contributed by atoms with Crippen LogP contribution in [0.2, 0.25) is 0 Å². The molecule has 5 nitrogen and oxygen atoms in total. The van der Waals surface area contributed by atoms with Gasteiger partial charge in [-0.3, -0.25) is 10.1 Å². The second kappa shape index (κ2) is 5.61. The van der Waals surface area contributed by atoms with Gasteiger partial charge in [0.15, 0.2) is 0 Å². The second-order valence-corrected chi connectivity index (χ2v) is 4.58. The molecule has 5 heteroatoms. The van der Waals surface area contributed by atoms with Gasteiger partial charge in [0.2, 0.25) is 0 Å². The van der Waals surface area contributed by atoms with Gasteiger partial charge >= 0.3 is 0 Å². The lowest BCUT2D eigenvalue weighted by Gasteiger charge is -2.25. The highest BCUT2D eigenvalue weighted by molar-refractivity contribution is 5.76. The molecule has 2 rings (SSSR count). The zero-order valence-corrected chi connectivity index (χ0v) is 11.5. The molecule has 104 valence electrons. The number of rotatable bonds is 4. The van der Waals surface area contributed by atoms with E-state index in [1.54, 1.807) is 6.07 Å². The first kappa shape index (κ1) is 13.9. The summed E-state index contributed by atoms with van der Waals surface area (Å²) < 4.78 is 0. The summed E-state index contributed by atoms with van der Waals surface area (Å²) in [6.07, 6.45) is 0. The molecule has 0 spiro atoms. The van der Waals surface area contributed by atoms with Gasteiger partial charge in [0.25, 0.3) is 5.69 Å². The van der Waals surface area contributed by atoms with Gasteiger partial charge < -0.3 is 10.6 Å². The highest BCUT2D eigenvalue weighted by Gasteiger charge is 2.14. The predicted molar refractivity (Wildman–Crippen MR) is 81.4 cm³/mol. The minimum absolute atomic E-state index is 0.00606. The van der Waals surface area contributed by atoms with E-state index in [1.807, 2.05) is 36.9 Å². The number of aryl methyl sites for hydroxylation is 1. The zero-order valence-electron chi connectivity index (χ0n) is 11.5. The van der Waals surface area contributed by atoms with Gasteiger partial charge in [-0.05, 0) is 37.6 Å². The van der Waals surface area contributed by atoms with E-state index in [0.717, 1.165) is 23.5 Å². The quantitative estimate of drug-likeness (QED) is 0.523. The van der Waals surface area contributed by atoms with Gasteiger partial charge in [0.05, 0.1) is 16.3 Å². The van der Waals surface area contributed by atoms with E-state index in [4.69, 9.17) is 5.73 Å². The molecule has 0 aromatic heterocycles. The fourth-order valence-corrected chi connectivity index (χ4v) is 2.19. The van der Waals surface area contributed by atoms with Crippen LogP contribution in [0.5, 0.6) is 0 Å². The van der Waals surface area contributed by atoms with Gasteiger partial charge in [-0.1, -0.05) is 12.1 Å². The number of hydrogen-bond acceptors (Lipinski definition) is 4.